The lowest BCUT2D eigenvalue weighted by Gasteiger charge is -2.17. The Morgan fingerprint density at radius 1 is 1.68 bits per heavy atom. The van der Waals surface area contributed by atoms with E-state index in [9.17, 15) is 9.90 Å². The van der Waals surface area contributed by atoms with Gasteiger partial charge in [-0.1, -0.05) is 0 Å². The van der Waals surface area contributed by atoms with Crippen molar-refractivity contribution in [2.45, 2.75) is 26.0 Å². The van der Waals surface area contributed by atoms with Crippen LogP contribution in [0, 0.1) is 5.92 Å². The maximum absolute atomic E-state index is 10.5. The molecule has 0 radical (unpaired) electrons. The third-order valence-corrected chi connectivity index (χ3v) is 4.47. The largest absolute Gasteiger partial charge is 0.478 e. The Kier molecular flexibility index (Phi) is 4.74. The quantitative estimate of drug-likeness (QED) is 0.811. The van der Waals surface area contributed by atoms with E-state index in [0.717, 1.165) is 31.6 Å². The van der Waals surface area contributed by atoms with Gasteiger partial charge in [-0.25, -0.2) is 4.79 Å². The second-order valence-corrected chi connectivity index (χ2v) is 6.00. The zero-order chi connectivity index (χ0) is 13.8. The van der Waals surface area contributed by atoms with Crippen molar-refractivity contribution in [1.29, 1.82) is 0 Å². The minimum atomic E-state index is -0.924. The van der Waals surface area contributed by atoms with E-state index in [4.69, 9.17) is 5.11 Å². The maximum Gasteiger partial charge on any atom is 0.328 e. The lowest BCUT2D eigenvalue weighted by atomic mass is 10.0. The SMILES string of the molecule is CC(O)C1CCN(Cc2sccc2/C=C/C(=O)O)C1. The fourth-order valence-corrected chi connectivity index (χ4v) is 3.30. The summed E-state index contributed by atoms with van der Waals surface area (Å²) in [6, 6.07) is 1.95. The molecule has 2 heterocycles. The number of carboxylic acids is 1. The van der Waals surface area contributed by atoms with E-state index in [1.54, 1.807) is 17.4 Å². The van der Waals surface area contributed by atoms with Crippen molar-refractivity contribution in [3.8, 4) is 0 Å². The first-order valence-corrected chi connectivity index (χ1v) is 7.32. The molecule has 0 amide bonds. The first kappa shape index (κ1) is 14.2. The van der Waals surface area contributed by atoms with Crippen LogP contribution in [0.4, 0.5) is 0 Å². The van der Waals surface area contributed by atoms with Crippen LogP contribution in [-0.4, -0.2) is 40.3 Å². The number of nitrogens with zero attached hydrogens (tertiary/aromatic N) is 1. The molecule has 1 aliphatic rings. The van der Waals surface area contributed by atoms with Crippen LogP contribution < -0.4 is 0 Å². The third kappa shape index (κ3) is 3.89. The minimum Gasteiger partial charge on any atom is -0.478 e. The van der Waals surface area contributed by atoms with Gasteiger partial charge >= 0.3 is 5.97 Å². The van der Waals surface area contributed by atoms with E-state index in [2.05, 4.69) is 4.90 Å². The molecule has 2 N–H and O–H groups in total. The molecule has 19 heavy (non-hydrogen) atoms. The highest BCUT2D eigenvalue weighted by atomic mass is 32.1. The van der Waals surface area contributed by atoms with Crippen molar-refractivity contribution in [1.82, 2.24) is 4.90 Å². The molecule has 0 saturated carbocycles. The second kappa shape index (κ2) is 6.32. The summed E-state index contributed by atoms with van der Waals surface area (Å²) in [6.07, 6.45) is 3.60. The standard InChI is InChI=1S/C14H19NO3S/c1-10(16)12-4-6-15(8-12)9-13-11(5-7-19-13)2-3-14(17)18/h2-3,5,7,10,12,16H,4,6,8-9H2,1H3,(H,17,18)/b3-2+. The Bertz CT molecular complexity index is 467. The second-order valence-electron chi connectivity index (χ2n) is 5.00. The summed E-state index contributed by atoms with van der Waals surface area (Å²) >= 11 is 1.65. The number of aliphatic carboxylic acids is 1. The molecule has 0 aliphatic carbocycles. The maximum atomic E-state index is 10.5. The number of carbonyl (C=O) groups is 1. The van der Waals surface area contributed by atoms with Crippen LogP contribution in [0.2, 0.25) is 0 Å². The van der Waals surface area contributed by atoms with E-state index in [1.807, 2.05) is 18.4 Å². The summed E-state index contributed by atoms with van der Waals surface area (Å²) in [7, 11) is 0. The van der Waals surface area contributed by atoms with Gasteiger partial charge in [-0.3, -0.25) is 4.90 Å². The van der Waals surface area contributed by atoms with Crippen molar-refractivity contribution in [2.24, 2.45) is 5.92 Å². The number of aliphatic hydroxyl groups is 1. The van der Waals surface area contributed by atoms with Crippen LogP contribution in [-0.2, 0) is 11.3 Å². The summed E-state index contributed by atoms with van der Waals surface area (Å²) in [5.41, 5.74) is 0.980. The van der Waals surface area contributed by atoms with E-state index >= 15 is 0 Å². The highest BCUT2D eigenvalue weighted by molar-refractivity contribution is 7.10. The van der Waals surface area contributed by atoms with Gasteiger partial charge in [0.05, 0.1) is 6.10 Å². The summed E-state index contributed by atoms with van der Waals surface area (Å²) in [5.74, 6) is -0.564. The molecule has 0 aromatic carbocycles. The van der Waals surface area contributed by atoms with E-state index < -0.39 is 5.97 Å². The Morgan fingerprint density at radius 3 is 3.11 bits per heavy atom. The van der Waals surface area contributed by atoms with Gasteiger partial charge in [-0.2, -0.15) is 0 Å². The number of hydrogen-bond donors (Lipinski definition) is 2. The van der Waals surface area contributed by atoms with Gasteiger partial charge < -0.3 is 10.2 Å². The smallest absolute Gasteiger partial charge is 0.328 e. The van der Waals surface area contributed by atoms with Crippen LogP contribution >= 0.6 is 11.3 Å². The van der Waals surface area contributed by atoms with Crippen LogP contribution in [0.3, 0.4) is 0 Å². The number of carboxylic acid groups (broad SMARTS) is 1. The van der Waals surface area contributed by atoms with Gasteiger partial charge in [0.25, 0.3) is 0 Å². The number of rotatable bonds is 5. The molecular formula is C14H19NO3S. The summed E-state index contributed by atoms with van der Waals surface area (Å²) < 4.78 is 0. The normalized spacial score (nSPS) is 22.1. The molecule has 1 aromatic heterocycles. The molecule has 1 saturated heterocycles. The van der Waals surface area contributed by atoms with E-state index in [0.29, 0.717) is 5.92 Å². The van der Waals surface area contributed by atoms with E-state index in [1.165, 1.54) is 11.0 Å². The lowest BCUT2D eigenvalue weighted by Crippen LogP contribution is -2.23. The van der Waals surface area contributed by atoms with Crippen molar-refractivity contribution < 1.29 is 15.0 Å². The number of likely N-dealkylation sites (tertiary alicyclic amines) is 1. The van der Waals surface area contributed by atoms with Crippen molar-refractivity contribution in [2.75, 3.05) is 13.1 Å². The summed E-state index contributed by atoms with van der Waals surface area (Å²) in [6.45, 7) is 4.59. The highest BCUT2D eigenvalue weighted by Gasteiger charge is 2.26. The average Bonchev–Trinajstić information content (AvgIpc) is 2.96. The van der Waals surface area contributed by atoms with Crippen molar-refractivity contribution in [3.63, 3.8) is 0 Å². The fourth-order valence-electron chi connectivity index (χ4n) is 2.39. The Balaban J connectivity index is 1.97. The van der Waals surface area contributed by atoms with Gasteiger partial charge in [0.1, 0.15) is 0 Å². The Labute approximate surface area is 117 Å². The Hall–Kier alpha value is -1.17. The monoisotopic (exact) mass is 281 g/mol. The topological polar surface area (TPSA) is 60.8 Å². The van der Waals surface area contributed by atoms with Crippen LogP contribution in [0.15, 0.2) is 17.5 Å². The number of thiophene rings is 1. The molecule has 1 aliphatic heterocycles. The predicted molar refractivity (Wildman–Crippen MR) is 76.1 cm³/mol. The van der Waals surface area contributed by atoms with Gasteiger partial charge in [-0.05, 0) is 48.9 Å². The predicted octanol–water partition coefficient (Wildman–Crippen LogP) is 2.05. The Morgan fingerprint density at radius 2 is 2.47 bits per heavy atom. The molecule has 2 rings (SSSR count). The molecule has 104 valence electrons. The van der Waals surface area contributed by atoms with E-state index in [-0.39, 0.29) is 6.10 Å². The van der Waals surface area contributed by atoms with Crippen LogP contribution in [0.25, 0.3) is 6.08 Å². The van der Waals surface area contributed by atoms with Crippen molar-refractivity contribution in [3.05, 3.63) is 28.0 Å². The molecule has 5 heteroatoms. The molecule has 1 fully saturated rings. The van der Waals surface area contributed by atoms with Gasteiger partial charge in [0, 0.05) is 24.0 Å². The summed E-state index contributed by atoms with van der Waals surface area (Å²) in [4.78, 5) is 14.1. The molecule has 2 atom stereocenters. The van der Waals surface area contributed by atoms with Crippen LogP contribution in [0.5, 0.6) is 0 Å². The first-order chi connectivity index (χ1) is 9.06. The molecule has 2 unspecified atom stereocenters. The first-order valence-electron chi connectivity index (χ1n) is 6.44. The third-order valence-electron chi connectivity index (χ3n) is 3.54. The fraction of sp³-hybridized carbons (Fsp3) is 0.500. The van der Waals surface area contributed by atoms with Gasteiger partial charge in [-0.15, -0.1) is 11.3 Å². The van der Waals surface area contributed by atoms with Crippen molar-refractivity contribution >= 4 is 23.4 Å². The molecule has 4 nitrogen and oxygen atoms in total. The zero-order valence-corrected chi connectivity index (χ0v) is 11.8. The highest BCUT2D eigenvalue weighted by Crippen LogP contribution is 2.25. The zero-order valence-electron chi connectivity index (χ0n) is 11.0. The lowest BCUT2D eigenvalue weighted by molar-refractivity contribution is -0.131. The molecule has 0 spiro atoms. The number of aliphatic hydroxyl groups excluding tert-OH is 1. The van der Waals surface area contributed by atoms with Gasteiger partial charge in [0.15, 0.2) is 0 Å². The molecule has 0 bridgehead atoms. The molecule has 1 aromatic rings. The van der Waals surface area contributed by atoms with Crippen LogP contribution in [0.1, 0.15) is 23.8 Å². The average molecular weight is 281 g/mol. The summed E-state index contributed by atoms with van der Waals surface area (Å²) in [5, 5.41) is 20.2. The minimum absolute atomic E-state index is 0.250. The van der Waals surface area contributed by atoms with Gasteiger partial charge in [0.2, 0.25) is 0 Å². The number of hydrogen-bond acceptors (Lipinski definition) is 4. The molecular weight excluding hydrogens is 262 g/mol.